The fraction of sp³-hybridized carbons (Fsp3) is 0.222. The number of carbonyl (C=O) groups excluding carboxylic acids is 2. The maximum Gasteiger partial charge on any atom is 0.261 e. The molecule has 0 spiro atoms. The lowest BCUT2D eigenvalue weighted by Gasteiger charge is -2.13. The quantitative estimate of drug-likeness (QED) is 0.144. The number of para-hydroxylation sites is 3. The van der Waals surface area contributed by atoms with E-state index in [1.165, 1.54) is 34.2 Å². The number of unbranched alkanes of at least 4 members (excludes halogenated alkanes) is 1. The second kappa shape index (κ2) is 17.9. The third kappa shape index (κ3) is 9.11. The van der Waals surface area contributed by atoms with Crippen LogP contribution in [0.5, 0.6) is 0 Å². The molecule has 0 aliphatic carbocycles. The van der Waals surface area contributed by atoms with Gasteiger partial charge in [0.05, 0.1) is 27.7 Å². The van der Waals surface area contributed by atoms with E-state index >= 15 is 0 Å². The van der Waals surface area contributed by atoms with Crippen molar-refractivity contribution in [2.75, 3.05) is 13.2 Å². The number of rotatable bonds is 10. The van der Waals surface area contributed by atoms with Crippen molar-refractivity contribution >= 4 is 44.5 Å². The molecule has 8 rings (SSSR count). The Kier molecular flexibility index (Phi) is 12.4. The molecule has 4 aromatic carbocycles. The molecule has 7 aromatic rings. The van der Waals surface area contributed by atoms with Crippen molar-refractivity contribution in [3.63, 3.8) is 0 Å². The molecule has 0 atom stereocenters. The molecule has 1 aliphatic heterocycles. The van der Waals surface area contributed by atoms with Gasteiger partial charge >= 0.3 is 0 Å². The van der Waals surface area contributed by atoms with Crippen LogP contribution in [0.2, 0.25) is 0 Å². The molecule has 7 heteroatoms. The van der Waals surface area contributed by atoms with Crippen molar-refractivity contribution in [3.05, 3.63) is 162 Å². The molecule has 0 saturated heterocycles. The molecule has 2 amide bonds. The van der Waals surface area contributed by atoms with Crippen LogP contribution < -0.4 is 0 Å². The van der Waals surface area contributed by atoms with Crippen LogP contribution in [0.15, 0.2) is 133 Å². The van der Waals surface area contributed by atoms with Gasteiger partial charge in [-0.25, -0.2) is 0 Å². The number of aromatic nitrogens is 3. The minimum absolute atomic E-state index is 0.193. The summed E-state index contributed by atoms with van der Waals surface area (Å²) in [4.78, 5) is 39.7. The van der Waals surface area contributed by atoms with Gasteiger partial charge in [-0.3, -0.25) is 29.4 Å². The van der Waals surface area contributed by atoms with Crippen molar-refractivity contribution in [3.8, 4) is 0 Å². The molecular weight excluding hydrogens is 645 g/mol. The van der Waals surface area contributed by atoms with Gasteiger partial charge in [-0.15, -0.1) is 0 Å². The number of amides is 2. The van der Waals surface area contributed by atoms with Crippen molar-refractivity contribution in [1.82, 2.24) is 19.9 Å². The van der Waals surface area contributed by atoms with Gasteiger partial charge in [0.1, 0.15) is 0 Å². The van der Waals surface area contributed by atoms with Gasteiger partial charge in [-0.2, -0.15) is 0 Å². The van der Waals surface area contributed by atoms with Gasteiger partial charge < -0.3 is 5.11 Å². The highest BCUT2D eigenvalue weighted by atomic mass is 16.3. The lowest BCUT2D eigenvalue weighted by atomic mass is 10.1. The monoisotopic (exact) mass is 688 g/mol. The summed E-state index contributed by atoms with van der Waals surface area (Å²) in [7, 11) is 0. The molecule has 1 N–H and O–H groups in total. The Balaban J connectivity index is 0.000000143. The van der Waals surface area contributed by atoms with Crippen LogP contribution in [0.4, 0.5) is 0 Å². The Bertz CT molecular complexity index is 2170. The van der Waals surface area contributed by atoms with Crippen LogP contribution in [0.3, 0.4) is 0 Å². The lowest BCUT2D eigenvalue weighted by Crippen LogP contribution is -2.31. The Labute approximate surface area is 305 Å². The summed E-state index contributed by atoms with van der Waals surface area (Å²) >= 11 is 0. The molecule has 0 bridgehead atoms. The standard InChI is InChI=1S/C20H16N2O2.C13H15N.C12H13NO/c23-19-16-8-2-3-9-17(16)20(24)22(19)13-5-7-15-12-11-14-6-1-4-10-18(14)21-15;1-2-3-7-12-10-9-11-6-4-5-8-13(11)14-12;14-9-3-5-11-8-7-10-4-1-2-6-12(10)13-11/h1-4,6,8-12H,5,7,13H2;4-6,8-10H,2-3,7H2,1H3;1-2,4,6-8,14H,3,5,9H2. The third-order valence-corrected chi connectivity index (χ3v) is 9.04. The fourth-order valence-electron chi connectivity index (χ4n) is 6.22. The van der Waals surface area contributed by atoms with E-state index < -0.39 is 0 Å². The minimum atomic E-state index is -0.193. The van der Waals surface area contributed by atoms with E-state index in [1.54, 1.807) is 24.3 Å². The van der Waals surface area contributed by atoms with E-state index in [4.69, 9.17) is 5.11 Å². The minimum Gasteiger partial charge on any atom is -0.396 e. The van der Waals surface area contributed by atoms with Gasteiger partial charge in [-0.05, 0) is 87.1 Å². The molecule has 262 valence electrons. The molecule has 7 nitrogen and oxygen atoms in total. The predicted octanol–water partition coefficient (Wildman–Crippen LogP) is 9.20. The third-order valence-electron chi connectivity index (χ3n) is 9.04. The number of hydrogen-bond donors (Lipinski definition) is 1. The number of fused-ring (bicyclic) bond motifs is 4. The summed E-state index contributed by atoms with van der Waals surface area (Å²) in [5.41, 5.74) is 7.37. The first-order valence-electron chi connectivity index (χ1n) is 18.1. The average molecular weight is 689 g/mol. The molecule has 0 saturated carbocycles. The number of aliphatic hydroxyl groups excluding tert-OH is 1. The Morgan fingerprint density at radius 3 is 1.29 bits per heavy atom. The molecule has 52 heavy (non-hydrogen) atoms. The summed E-state index contributed by atoms with van der Waals surface area (Å²) in [6, 6.07) is 43.8. The van der Waals surface area contributed by atoms with Gasteiger partial charge in [0.15, 0.2) is 0 Å². The number of benzene rings is 4. The van der Waals surface area contributed by atoms with Crippen molar-refractivity contribution in [2.24, 2.45) is 0 Å². The second-order valence-corrected chi connectivity index (χ2v) is 12.8. The van der Waals surface area contributed by atoms with Crippen LogP contribution in [-0.4, -0.2) is 49.9 Å². The predicted molar refractivity (Wildman–Crippen MR) is 209 cm³/mol. The number of pyridine rings is 3. The van der Waals surface area contributed by atoms with Gasteiger partial charge in [0.2, 0.25) is 0 Å². The molecule has 4 heterocycles. The number of aryl methyl sites for hydroxylation is 3. The SMILES string of the molecule is CCCCc1ccc2ccccc2n1.O=C1c2ccccc2C(=O)N1CCCc1ccc2ccccc2n1.OCCCc1ccc2ccccc2n1. The van der Waals surface area contributed by atoms with Crippen LogP contribution in [-0.2, 0) is 19.3 Å². The maximum atomic E-state index is 12.3. The first-order chi connectivity index (χ1) is 25.5. The number of hydrogen-bond acceptors (Lipinski definition) is 6. The Hall–Kier alpha value is -5.79. The second-order valence-electron chi connectivity index (χ2n) is 12.8. The molecule has 0 radical (unpaired) electrons. The van der Waals surface area contributed by atoms with E-state index in [0.29, 0.717) is 24.1 Å². The van der Waals surface area contributed by atoms with Gasteiger partial charge in [0.25, 0.3) is 11.8 Å². The summed E-state index contributed by atoms with van der Waals surface area (Å²) < 4.78 is 0. The lowest BCUT2D eigenvalue weighted by molar-refractivity contribution is 0.0652. The molecular formula is C45H44N4O3. The van der Waals surface area contributed by atoms with Gasteiger partial charge in [-0.1, -0.05) is 98.3 Å². The van der Waals surface area contributed by atoms with Crippen LogP contribution >= 0.6 is 0 Å². The van der Waals surface area contributed by atoms with Crippen LogP contribution in [0.1, 0.15) is 70.4 Å². The smallest absolute Gasteiger partial charge is 0.261 e. The molecule has 0 fully saturated rings. The Morgan fingerprint density at radius 1 is 0.481 bits per heavy atom. The highest BCUT2D eigenvalue weighted by Gasteiger charge is 2.34. The largest absolute Gasteiger partial charge is 0.396 e. The van der Waals surface area contributed by atoms with E-state index in [0.717, 1.165) is 59.0 Å². The Morgan fingerprint density at radius 2 is 0.865 bits per heavy atom. The summed E-state index contributed by atoms with van der Waals surface area (Å²) in [6.07, 6.45) is 6.63. The maximum absolute atomic E-state index is 12.3. The van der Waals surface area contributed by atoms with E-state index in [1.807, 2.05) is 60.7 Å². The van der Waals surface area contributed by atoms with E-state index in [9.17, 15) is 9.59 Å². The normalized spacial score (nSPS) is 12.0. The first-order valence-corrected chi connectivity index (χ1v) is 18.1. The highest BCUT2D eigenvalue weighted by Crippen LogP contribution is 2.23. The molecule has 3 aromatic heterocycles. The van der Waals surface area contributed by atoms with Crippen molar-refractivity contribution in [2.45, 2.75) is 51.9 Å². The fourth-order valence-corrected chi connectivity index (χ4v) is 6.22. The van der Waals surface area contributed by atoms with Crippen molar-refractivity contribution < 1.29 is 14.7 Å². The average Bonchev–Trinajstić information content (AvgIpc) is 3.44. The van der Waals surface area contributed by atoms with Gasteiger partial charge in [0, 0.05) is 46.4 Å². The first kappa shape index (κ1) is 36.0. The van der Waals surface area contributed by atoms with E-state index in [2.05, 4.69) is 70.4 Å². The number of imide groups is 1. The zero-order valence-corrected chi connectivity index (χ0v) is 29.6. The van der Waals surface area contributed by atoms with Crippen molar-refractivity contribution in [1.29, 1.82) is 0 Å². The number of nitrogens with zero attached hydrogens (tertiary/aromatic N) is 4. The summed E-state index contributed by atoms with van der Waals surface area (Å²) in [5.74, 6) is -0.385. The topological polar surface area (TPSA) is 96.3 Å². The highest BCUT2D eigenvalue weighted by molar-refractivity contribution is 6.21. The van der Waals surface area contributed by atoms with Crippen LogP contribution in [0, 0.1) is 0 Å². The number of carbonyl (C=O) groups is 2. The molecule has 1 aliphatic rings. The van der Waals surface area contributed by atoms with Crippen LogP contribution in [0.25, 0.3) is 32.7 Å². The zero-order valence-electron chi connectivity index (χ0n) is 29.6. The summed E-state index contributed by atoms with van der Waals surface area (Å²) in [5, 5.41) is 12.2. The number of aliphatic hydroxyl groups is 1. The van der Waals surface area contributed by atoms with E-state index in [-0.39, 0.29) is 18.4 Å². The summed E-state index contributed by atoms with van der Waals surface area (Å²) in [6.45, 7) is 2.86. The zero-order chi connectivity index (χ0) is 36.1. The molecule has 0 unspecified atom stereocenters.